The first-order valence-corrected chi connectivity index (χ1v) is 12.4. The van der Waals surface area contributed by atoms with Gasteiger partial charge in [0.2, 0.25) is 0 Å². The Bertz CT molecular complexity index is 1640. The Kier molecular flexibility index (Phi) is 5.70. The Hall–Kier alpha value is -4.54. The first-order valence-electron chi connectivity index (χ1n) is 12.4. The van der Waals surface area contributed by atoms with Crippen molar-refractivity contribution in [3.8, 4) is 22.6 Å². The van der Waals surface area contributed by atoms with Crippen molar-refractivity contribution < 1.29 is 13.9 Å². The van der Waals surface area contributed by atoms with Gasteiger partial charge in [-0.1, -0.05) is 12.1 Å². The summed E-state index contributed by atoms with van der Waals surface area (Å²) in [7, 11) is 0. The molecule has 0 aliphatic carbocycles. The van der Waals surface area contributed by atoms with Crippen LogP contribution >= 0.6 is 0 Å². The molecule has 5 aromatic heterocycles. The van der Waals surface area contributed by atoms with Crippen molar-refractivity contribution in [3.05, 3.63) is 67.1 Å². The Labute approximate surface area is 218 Å². The summed E-state index contributed by atoms with van der Waals surface area (Å²) < 4.78 is 23.8. The van der Waals surface area contributed by atoms with E-state index in [2.05, 4.69) is 15.4 Å². The second kappa shape index (κ2) is 9.09. The number of nitrogens with one attached hydrogen (secondary N) is 1. The monoisotopic (exact) mass is 514 g/mol. The van der Waals surface area contributed by atoms with Crippen LogP contribution in [0.25, 0.3) is 33.8 Å². The molecule has 1 fully saturated rings. The zero-order valence-electron chi connectivity index (χ0n) is 21.2. The highest BCUT2D eigenvalue weighted by Gasteiger charge is 2.37. The molecule has 1 aliphatic rings. The molecular weight excluding hydrogens is 487 g/mol. The number of nitrogens with zero attached hydrogens (tertiary/aromatic N) is 7. The summed E-state index contributed by atoms with van der Waals surface area (Å²) in [5, 5.41) is 12.4. The van der Waals surface area contributed by atoms with Crippen molar-refractivity contribution in [1.82, 2.24) is 34.1 Å². The topological polar surface area (TPSA) is 102 Å². The van der Waals surface area contributed by atoms with E-state index < -0.39 is 23.9 Å². The van der Waals surface area contributed by atoms with E-state index in [1.54, 1.807) is 48.3 Å². The summed E-state index contributed by atoms with van der Waals surface area (Å²) in [5.74, 6) is 0.495. The van der Waals surface area contributed by atoms with E-state index in [1.807, 2.05) is 48.7 Å². The lowest BCUT2D eigenvalue weighted by molar-refractivity contribution is 0.0283. The maximum absolute atomic E-state index is 14.8. The van der Waals surface area contributed by atoms with Gasteiger partial charge in [-0.25, -0.2) is 28.2 Å². The number of hydrogen-bond acceptors (Lipinski definition) is 7. The molecule has 1 amide bonds. The quantitative estimate of drug-likeness (QED) is 0.377. The molecule has 0 spiro atoms. The molecule has 1 N–H and O–H groups in total. The van der Waals surface area contributed by atoms with E-state index in [0.717, 1.165) is 16.8 Å². The largest absolute Gasteiger partial charge is 0.444 e. The van der Waals surface area contributed by atoms with Gasteiger partial charge in [0.15, 0.2) is 5.65 Å². The molecule has 194 valence electrons. The number of hydrogen-bond donors (Lipinski definition) is 1. The van der Waals surface area contributed by atoms with Gasteiger partial charge in [-0.3, -0.25) is 0 Å². The number of ether oxygens (including phenoxy) is 1. The molecule has 1 saturated heterocycles. The van der Waals surface area contributed by atoms with Crippen molar-refractivity contribution >= 4 is 23.1 Å². The second-order valence-corrected chi connectivity index (χ2v) is 10.3. The minimum Gasteiger partial charge on any atom is -0.444 e. The number of fused-ring (bicyclic) bond motifs is 2. The maximum Gasteiger partial charge on any atom is 0.410 e. The van der Waals surface area contributed by atoms with Gasteiger partial charge in [-0.05, 0) is 57.2 Å². The first-order chi connectivity index (χ1) is 18.2. The highest BCUT2D eigenvalue weighted by Crippen LogP contribution is 2.26. The Morgan fingerprint density at radius 2 is 1.92 bits per heavy atom. The van der Waals surface area contributed by atoms with Gasteiger partial charge in [0.05, 0.1) is 41.9 Å². The minimum absolute atomic E-state index is 0.0320. The van der Waals surface area contributed by atoms with Gasteiger partial charge < -0.3 is 15.0 Å². The third-order valence-electron chi connectivity index (χ3n) is 6.31. The number of alkyl halides is 1. The third-order valence-corrected chi connectivity index (χ3v) is 6.31. The third kappa shape index (κ3) is 4.51. The van der Waals surface area contributed by atoms with Crippen LogP contribution in [0.5, 0.6) is 0 Å². The molecule has 2 atom stereocenters. The van der Waals surface area contributed by atoms with Crippen LogP contribution in [0.2, 0.25) is 0 Å². The fourth-order valence-corrected chi connectivity index (χ4v) is 4.55. The van der Waals surface area contributed by atoms with Crippen molar-refractivity contribution in [2.75, 3.05) is 18.4 Å². The fraction of sp³-hybridized carbons (Fsp3) is 0.296. The average Bonchev–Trinajstić information content (AvgIpc) is 3.60. The maximum atomic E-state index is 14.8. The van der Waals surface area contributed by atoms with E-state index >= 15 is 0 Å². The fourth-order valence-electron chi connectivity index (χ4n) is 4.55. The molecule has 6 heterocycles. The zero-order valence-corrected chi connectivity index (χ0v) is 21.2. The van der Waals surface area contributed by atoms with Gasteiger partial charge in [0.1, 0.15) is 23.3 Å². The normalized spacial score (nSPS) is 17.8. The summed E-state index contributed by atoms with van der Waals surface area (Å²) in [6.07, 6.45) is 3.62. The number of amides is 1. The molecule has 10 nitrogen and oxygen atoms in total. The second-order valence-electron chi connectivity index (χ2n) is 10.3. The van der Waals surface area contributed by atoms with E-state index in [-0.39, 0.29) is 13.1 Å². The summed E-state index contributed by atoms with van der Waals surface area (Å²) in [6.45, 7) is 5.51. The summed E-state index contributed by atoms with van der Waals surface area (Å²) in [6, 6.07) is 14.6. The molecule has 0 bridgehead atoms. The van der Waals surface area contributed by atoms with Crippen LogP contribution in [0.15, 0.2) is 67.1 Å². The van der Waals surface area contributed by atoms with Crippen LogP contribution in [0.3, 0.4) is 0 Å². The smallest absolute Gasteiger partial charge is 0.410 e. The van der Waals surface area contributed by atoms with Gasteiger partial charge in [-0.2, -0.15) is 10.2 Å². The molecule has 6 rings (SSSR count). The molecule has 38 heavy (non-hydrogen) atoms. The van der Waals surface area contributed by atoms with Gasteiger partial charge in [0.25, 0.3) is 0 Å². The molecule has 0 saturated carbocycles. The Morgan fingerprint density at radius 3 is 2.76 bits per heavy atom. The van der Waals surface area contributed by atoms with Crippen molar-refractivity contribution in [2.24, 2.45) is 0 Å². The van der Waals surface area contributed by atoms with E-state index in [0.29, 0.717) is 22.9 Å². The van der Waals surface area contributed by atoms with Gasteiger partial charge >= 0.3 is 6.09 Å². The number of aromatic nitrogens is 6. The Morgan fingerprint density at radius 1 is 1.05 bits per heavy atom. The van der Waals surface area contributed by atoms with E-state index in [1.165, 1.54) is 4.90 Å². The molecule has 5 aromatic rings. The minimum atomic E-state index is -1.25. The summed E-state index contributed by atoms with van der Waals surface area (Å²) in [5.41, 5.74) is 3.96. The van der Waals surface area contributed by atoms with Crippen LogP contribution in [0.1, 0.15) is 20.8 Å². The Balaban J connectivity index is 1.26. The van der Waals surface area contributed by atoms with Crippen molar-refractivity contribution in [2.45, 2.75) is 38.6 Å². The molecule has 11 heteroatoms. The lowest BCUT2D eigenvalue weighted by Gasteiger charge is -2.24. The number of imidazole rings is 1. The summed E-state index contributed by atoms with van der Waals surface area (Å²) in [4.78, 5) is 23.0. The predicted octanol–water partition coefficient (Wildman–Crippen LogP) is 4.48. The van der Waals surface area contributed by atoms with Crippen molar-refractivity contribution in [1.29, 1.82) is 0 Å². The zero-order chi connectivity index (χ0) is 26.4. The predicted molar refractivity (Wildman–Crippen MR) is 141 cm³/mol. The van der Waals surface area contributed by atoms with Gasteiger partial charge in [0, 0.05) is 18.3 Å². The molecule has 0 unspecified atom stereocenters. The van der Waals surface area contributed by atoms with Crippen LogP contribution in [0.4, 0.5) is 15.0 Å². The highest BCUT2D eigenvalue weighted by atomic mass is 19.1. The number of anilines is 1. The number of pyridine rings is 2. The van der Waals surface area contributed by atoms with Crippen LogP contribution < -0.4 is 5.32 Å². The number of carbonyl (C=O) groups is 1. The van der Waals surface area contributed by atoms with E-state index in [4.69, 9.17) is 14.8 Å². The highest BCUT2D eigenvalue weighted by molar-refractivity contribution is 5.78. The average molecular weight is 515 g/mol. The lowest BCUT2D eigenvalue weighted by Crippen LogP contribution is -2.36. The molecule has 0 aromatic carbocycles. The lowest BCUT2D eigenvalue weighted by atomic mass is 10.2. The SMILES string of the molecule is CC(C)(C)OC(=O)N1C[C@H](Nc2cccc(-c3cnc4ccc(-c5cnn6ccccc56)nn34)n2)[C@@H](F)C1. The van der Waals surface area contributed by atoms with Crippen LogP contribution in [-0.2, 0) is 4.74 Å². The standard InChI is InChI=1S/C27H27FN8O2/c1-27(2,3)38-26(37)34-15-18(28)21(16-34)32-24-9-6-7-20(31-24)23-14-29-25-11-10-19(33-36(23)25)17-13-30-35-12-5-4-8-22(17)35/h4-14,18,21H,15-16H2,1-3H3,(H,31,32)/t18-,21-/m0/s1. The van der Waals surface area contributed by atoms with Crippen LogP contribution in [-0.4, -0.2) is 71.1 Å². The van der Waals surface area contributed by atoms with E-state index in [9.17, 15) is 9.18 Å². The summed E-state index contributed by atoms with van der Waals surface area (Å²) >= 11 is 0. The number of likely N-dealkylation sites (tertiary alicyclic amines) is 1. The molecule has 0 radical (unpaired) electrons. The van der Waals surface area contributed by atoms with Crippen molar-refractivity contribution in [3.63, 3.8) is 0 Å². The number of carbonyl (C=O) groups excluding carboxylic acids is 1. The molecular formula is C27H27FN8O2. The number of rotatable bonds is 4. The molecule has 1 aliphatic heterocycles. The number of halogens is 1. The van der Waals surface area contributed by atoms with Crippen LogP contribution in [0, 0.1) is 0 Å². The first kappa shape index (κ1) is 23.8. The van der Waals surface area contributed by atoms with Gasteiger partial charge in [-0.15, -0.1) is 0 Å².